The molecule has 0 amide bonds. The third-order valence-electron chi connectivity index (χ3n) is 5.41. The zero-order valence-corrected chi connectivity index (χ0v) is 19.1. The summed E-state index contributed by atoms with van der Waals surface area (Å²) in [5.41, 5.74) is -0.0953. The maximum absolute atomic E-state index is 6.99. The van der Waals surface area contributed by atoms with Gasteiger partial charge in [0.05, 0.1) is 0 Å². The minimum Gasteiger partial charge on any atom is -0.407 e. The molecule has 0 N–H and O–H groups in total. The standard InChI is InChI=1S/C26H34OSi/c1-7-19-26(6,20-8-2)21-22-27-28(25(3,4)5,23-15-11-9-12-16-23)24-17-13-10-14-18-24/h7,9-18H,1,19,21-22H2,2-6H3. The van der Waals surface area contributed by atoms with Crippen LogP contribution in [0.3, 0.4) is 0 Å². The normalized spacial score (nSPS) is 13.9. The van der Waals surface area contributed by atoms with Gasteiger partial charge >= 0.3 is 0 Å². The minimum atomic E-state index is -2.47. The summed E-state index contributed by atoms with van der Waals surface area (Å²) in [7, 11) is -2.47. The second-order valence-electron chi connectivity index (χ2n) is 8.69. The van der Waals surface area contributed by atoms with E-state index in [9.17, 15) is 0 Å². The van der Waals surface area contributed by atoms with Gasteiger partial charge < -0.3 is 4.43 Å². The molecule has 28 heavy (non-hydrogen) atoms. The molecule has 0 saturated heterocycles. The van der Waals surface area contributed by atoms with Crippen molar-refractivity contribution in [1.29, 1.82) is 0 Å². The molecule has 0 radical (unpaired) electrons. The van der Waals surface area contributed by atoms with Crippen LogP contribution in [0.5, 0.6) is 0 Å². The Hall–Kier alpha value is -2.08. The van der Waals surface area contributed by atoms with Gasteiger partial charge in [-0.1, -0.05) is 93.4 Å². The number of allylic oxidation sites excluding steroid dienone is 1. The van der Waals surface area contributed by atoms with Crippen LogP contribution in [0, 0.1) is 17.3 Å². The van der Waals surface area contributed by atoms with Crippen LogP contribution in [-0.2, 0) is 4.43 Å². The fourth-order valence-electron chi connectivity index (χ4n) is 4.03. The van der Waals surface area contributed by atoms with E-state index in [1.165, 1.54) is 10.4 Å². The Morgan fingerprint density at radius 2 is 1.43 bits per heavy atom. The molecule has 0 saturated carbocycles. The zero-order chi connectivity index (χ0) is 20.7. The molecule has 0 fully saturated rings. The molecule has 0 bridgehead atoms. The average Bonchev–Trinajstić information content (AvgIpc) is 2.66. The monoisotopic (exact) mass is 390 g/mol. The Kier molecular flexibility index (Phi) is 7.46. The van der Waals surface area contributed by atoms with Crippen molar-refractivity contribution in [3.63, 3.8) is 0 Å². The van der Waals surface area contributed by atoms with Crippen molar-refractivity contribution in [2.75, 3.05) is 6.61 Å². The molecule has 2 heteroatoms. The summed E-state index contributed by atoms with van der Waals surface area (Å²) in [6.07, 6.45) is 3.73. The highest BCUT2D eigenvalue weighted by Crippen LogP contribution is 2.37. The molecule has 2 rings (SSSR count). The van der Waals surface area contributed by atoms with Crippen LogP contribution >= 0.6 is 0 Å². The van der Waals surface area contributed by atoms with Crippen molar-refractivity contribution in [1.82, 2.24) is 0 Å². The van der Waals surface area contributed by atoms with E-state index in [1.54, 1.807) is 0 Å². The highest BCUT2D eigenvalue weighted by Gasteiger charge is 2.50. The molecule has 1 unspecified atom stereocenters. The Morgan fingerprint density at radius 1 is 0.929 bits per heavy atom. The van der Waals surface area contributed by atoms with E-state index in [0.29, 0.717) is 6.61 Å². The molecule has 2 aromatic rings. The van der Waals surface area contributed by atoms with Gasteiger partial charge in [0.15, 0.2) is 0 Å². The number of benzene rings is 2. The lowest BCUT2D eigenvalue weighted by molar-refractivity contribution is 0.243. The topological polar surface area (TPSA) is 9.23 Å². The summed E-state index contributed by atoms with van der Waals surface area (Å²) in [6.45, 7) is 15.7. The smallest absolute Gasteiger partial charge is 0.261 e. The first-order valence-corrected chi connectivity index (χ1v) is 12.0. The summed E-state index contributed by atoms with van der Waals surface area (Å²) in [6, 6.07) is 21.6. The average molecular weight is 391 g/mol. The van der Waals surface area contributed by atoms with Crippen LogP contribution in [-0.4, -0.2) is 14.9 Å². The minimum absolute atomic E-state index is 0.000972. The second-order valence-corrected chi connectivity index (χ2v) is 13.0. The lowest BCUT2D eigenvalue weighted by Crippen LogP contribution is -2.66. The van der Waals surface area contributed by atoms with Crippen molar-refractivity contribution in [2.45, 2.75) is 52.5 Å². The van der Waals surface area contributed by atoms with Gasteiger partial charge in [-0.3, -0.25) is 0 Å². The maximum atomic E-state index is 6.99. The van der Waals surface area contributed by atoms with Crippen LogP contribution in [0.15, 0.2) is 73.3 Å². The molecule has 148 valence electrons. The van der Waals surface area contributed by atoms with Gasteiger partial charge in [-0.25, -0.2) is 0 Å². The van der Waals surface area contributed by atoms with Crippen LogP contribution in [0.2, 0.25) is 5.04 Å². The van der Waals surface area contributed by atoms with Gasteiger partial charge in [0.2, 0.25) is 0 Å². The van der Waals surface area contributed by atoms with E-state index in [2.05, 4.69) is 107 Å². The molecule has 0 heterocycles. The van der Waals surface area contributed by atoms with Crippen molar-refractivity contribution < 1.29 is 4.43 Å². The predicted molar refractivity (Wildman–Crippen MR) is 125 cm³/mol. The highest BCUT2D eigenvalue weighted by molar-refractivity contribution is 6.99. The van der Waals surface area contributed by atoms with Gasteiger partial charge in [0.1, 0.15) is 0 Å². The van der Waals surface area contributed by atoms with Crippen molar-refractivity contribution >= 4 is 18.7 Å². The van der Waals surface area contributed by atoms with E-state index < -0.39 is 8.32 Å². The summed E-state index contributed by atoms with van der Waals surface area (Å²) >= 11 is 0. The summed E-state index contributed by atoms with van der Waals surface area (Å²) in [4.78, 5) is 0. The van der Waals surface area contributed by atoms with Gasteiger partial charge in [0.25, 0.3) is 8.32 Å². The van der Waals surface area contributed by atoms with E-state index in [-0.39, 0.29) is 10.5 Å². The first kappa shape index (κ1) is 22.2. The van der Waals surface area contributed by atoms with Crippen LogP contribution < -0.4 is 10.4 Å². The zero-order valence-electron chi connectivity index (χ0n) is 18.1. The van der Waals surface area contributed by atoms with Gasteiger partial charge in [-0.15, -0.1) is 12.5 Å². The number of hydrogen-bond acceptors (Lipinski definition) is 1. The SMILES string of the molecule is C=CCC(C)(C#CC)CCO[Si](c1ccccc1)(c1ccccc1)C(C)(C)C. The third-order valence-corrected chi connectivity index (χ3v) is 10.5. The number of rotatable bonds is 8. The van der Waals surface area contributed by atoms with E-state index >= 15 is 0 Å². The lowest BCUT2D eigenvalue weighted by atomic mass is 9.84. The number of hydrogen-bond donors (Lipinski definition) is 0. The Labute approximate surface area is 173 Å². The molecule has 1 atom stereocenters. The summed E-state index contributed by atoms with van der Waals surface area (Å²) in [5.74, 6) is 6.47. The van der Waals surface area contributed by atoms with Crippen molar-refractivity contribution in [3.8, 4) is 11.8 Å². The fraction of sp³-hybridized carbons (Fsp3) is 0.385. The molecule has 2 aromatic carbocycles. The predicted octanol–water partition coefficient (Wildman–Crippen LogP) is 5.56. The molecule has 0 aromatic heterocycles. The first-order chi connectivity index (χ1) is 13.3. The maximum Gasteiger partial charge on any atom is 0.261 e. The molecule has 0 aliphatic heterocycles. The largest absolute Gasteiger partial charge is 0.407 e. The van der Waals surface area contributed by atoms with Crippen LogP contribution in [0.25, 0.3) is 0 Å². The fourth-order valence-corrected chi connectivity index (χ4v) is 8.59. The van der Waals surface area contributed by atoms with Crippen molar-refractivity contribution in [3.05, 3.63) is 73.3 Å². The molecule has 0 aliphatic carbocycles. The Balaban J connectivity index is 2.47. The molecule has 0 spiro atoms. The Morgan fingerprint density at radius 3 is 1.82 bits per heavy atom. The quantitative estimate of drug-likeness (QED) is 0.326. The van der Waals surface area contributed by atoms with Crippen molar-refractivity contribution in [2.24, 2.45) is 5.41 Å². The lowest BCUT2D eigenvalue weighted by Gasteiger charge is -2.43. The van der Waals surface area contributed by atoms with Gasteiger partial charge in [0, 0.05) is 12.0 Å². The molecule has 1 nitrogen and oxygen atoms in total. The van der Waals surface area contributed by atoms with E-state index in [1.807, 2.05) is 13.0 Å². The second kappa shape index (κ2) is 9.41. The van der Waals surface area contributed by atoms with E-state index in [0.717, 1.165) is 12.8 Å². The summed E-state index contributed by atoms with van der Waals surface area (Å²) in [5, 5.41) is 2.64. The van der Waals surface area contributed by atoms with Gasteiger partial charge in [-0.2, -0.15) is 0 Å². The third kappa shape index (κ3) is 4.84. The summed E-state index contributed by atoms with van der Waals surface area (Å²) < 4.78 is 6.99. The molecule has 0 aliphatic rings. The van der Waals surface area contributed by atoms with Crippen LogP contribution in [0.4, 0.5) is 0 Å². The molecular weight excluding hydrogens is 356 g/mol. The van der Waals surface area contributed by atoms with Crippen LogP contribution in [0.1, 0.15) is 47.5 Å². The Bertz CT molecular complexity index is 769. The van der Waals surface area contributed by atoms with Gasteiger partial charge in [-0.05, 0) is 42.1 Å². The highest BCUT2D eigenvalue weighted by atomic mass is 28.4. The van der Waals surface area contributed by atoms with E-state index in [4.69, 9.17) is 4.43 Å². The molecular formula is C26H34OSi. The first-order valence-electron chi connectivity index (χ1n) is 10.1.